The SMILES string of the molecule is CC(=O)Nc1cccc(C2CCN(CCCn3c(-c4ccc(C)s4)nc4ccccc43)CC2)c1. The Kier molecular flexibility index (Phi) is 6.79. The van der Waals surface area contributed by atoms with Crippen molar-refractivity contribution in [2.75, 3.05) is 25.0 Å². The first-order chi connectivity index (χ1) is 16.6. The summed E-state index contributed by atoms with van der Waals surface area (Å²) >= 11 is 1.82. The average Bonchev–Trinajstić information content (AvgIpc) is 3.43. The predicted molar refractivity (Wildman–Crippen MR) is 142 cm³/mol. The van der Waals surface area contributed by atoms with Crippen molar-refractivity contribution in [3.05, 3.63) is 71.1 Å². The van der Waals surface area contributed by atoms with Crippen LogP contribution in [0.4, 0.5) is 5.69 Å². The van der Waals surface area contributed by atoms with E-state index in [4.69, 9.17) is 4.98 Å². The Bertz CT molecular complexity index is 1280. The molecule has 1 aliphatic heterocycles. The van der Waals surface area contributed by atoms with Crippen molar-refractivity contribution in [1.82, 2.24) is 14.5 Å². The Morgan fingerprint density at radius 1 is 1.06 bits per heavy atom. The van der Waals surface area contributed by atoms with Gasteiger partial charge in [-0.3, -0.25) is 4.79 Å². The summed E-state index contributed by atoms with van der Waals surface area (Å²) in [6.45, 7) is 8.04. The summed E-state index contributed by atoms with van der Waals surface area (Å²) < 4.78 is 2.40. The van der Waals surface area contributed by atoms with Gasteiger partial charge in [0, 0.05) is 24.0 Å². The topological polar surface area (TPSA) is 50.2 Å². The van der Waals surface area contributed by atoms with Crippen molar-refractivity contribution in [3.8, 4) is 10.7 Å². The fourth-order valence-corrected chi connectivity index (χ4v) is 5.93. The van der Waals surface area contributed by atoms with Crippen molar-refractivity contribution < 1.29 is 4.79 Å². The maximum absolute atomic E-state index is 11.4. The van der Waals surface area contributed by atoms with Gasteiger partial charge in [-0.25, -0.2) is 4.98 Å². The number of thiophene rings is 1. The van der Waals surface area contributed by atoms with E-state index in [9.17, 15) is 4.79 Å². The van der Waals surface area contributed by atoms with Gasteiger partial charge in [-0.15, -0.1) is 11.3 Å². The maximum atomic E-state index is 11.4. The lowest BCUT2D eigenvalue weighted by Crippen LogP contribution is -2.34. The minimum atomic E-state index is -0.0185. The summed E-state index contributed by atoms with van der Waals surface area (Å²) in [5.74, 6) is 1.64. The van der Waals surface area contributed by atoms with E-state index in [-0.39, 0.29) is 5.91 Å². The summed E-state index contributed by atoms with van der Waals surface area (Å²) in [6, 6.07) is 21.2. The second-order valence-corrected chi connectivity index (χ2v) is 10.6. The molecule has 1 fully saturated rings. The number of piperidine rings is 1. The van der Waals surface area contributed by atoms with Gasteiger partial charge >= 0.3 is 0 Å². The third-order valence-electron chi connectivity index (χ3n) is 6.74. The largest absolute Gasteiger partial charge is 0.326 e. The van der Waals surface area contributed by atoms with Crippen LogP contribution in [0.15, 0.2) is 60.7 Å². The summed E-state index contributed by atoms with van der Waals surface area (Å²) in [7, 11) is 0. The second-order valence-electron chi connectivity index (χ2n) is 9.26. The molecule has 0 saturated carbocycles. The number of carbonyl (C=O) groups is 1. The zero-order valence-electron chi connectivity index (χ0n) is 20.0. The van der Waals surface area contributed by atoms with Crippen molar-refractivity contribution in [2.45, 2.75) is 45.6 Å². The number of aryl methyl sites for hydroxylation is 2. The van der Waals surface area contributed by atoms with Crippen LogP contribution in [0.5, 0.6) is 0 Å². The number of carbonyl (C=O) groups excluding carboxylic acids is 1. The number of likely N-dealkylation sites (tertiary alicyclic amines) is 1. The minimum absolute atomic E-state index is 0.0185. The third kappa shape index (κ3) is 5.08. The van der Waals surface area contributed by atoms with Gasteiger partial charge in [0.05, 0.1) is 15.9 Å². The number of benzene rings is 2. The third-order valence-corrected chi connectivity index (χ3v) is 7.73. The van der Waals surface area contributed by atoms with Crippen LogP contribution in [0.2, 0.25) is 0 Å². The number of aromatic nitrogens is 2. The molecule has 2 aromatic heterocycles. The molecule has 0 radical (unpaired) electrons. The Labute approximate surface area is 205 Å². The van der Waals surface area contributed by atoms with Gasteiger partial charge in [0.25, 0.3) is 0 Å². The fraction of sp³-hybridized carbons (Fsp3) is 0.357. The van der Waals surface area contributed by atoms with Crippen LogP contribution >= 0.6 is 11.3 Å². The predicted octanol–water partition coefficient (Wildman–Crippen LogP) is 6.30. The Balaban J connectivity index is 1.20. The molecule has 5 nitrogen and oxygen atoms in total. The monoisotopic (exact) mass is 472 g/mol. The van der Waals surface area contributed by atoms with Crippen LogP contribution in [0, 0.1) is 6.92 Å². The molecule has 1 saturated heterocycles. The standard InChI is InChI=1S/C28H32N4OS/c1-20-11-12-27(34-20)28-30-25-9-3-4-10-26(25)32(28)16-6-15-31-17-13-22(14-18-31)23-7-5-8-24(19-23)29-21(2)33/h3-5,7-12,19,22H,6,13-18H2,1-2H3,(H,29,33). The van der Waals surface area contributed by atoms with E-state index in [1.54, 1.807) is 6.92 Å². The molecule has 0 atom stereocenters. The normalized spacial score (nSPS) is 15.1. The lowest BCUT2D eigenvalue weighted by Gasteiger charge is -2.32. The molecule has 0 spiro atoms. The first kappa shape index (κ1) is 22.8. The lowest BCUT2D eigenvalue weighted by atomic mass is 9.89. The zero-order chi connectivity index (χ0) is 23.5. The van der Waals surface area contributed by atoms with E-state index >= 15 is 0 Å². The van der Waals surface area contributed by atoms with Crippen LogP contribution in [0.25, 0.3) is 21.7 Å². The fourth-order valence-electron chi connectivity index (χ4n) is 5.06. The highest BCUT2D eigenvalue weighted by Crippen LogP contribution is 2.32. The van der Waals surface area contributed by atoms with E-state index in [1.807, 2.05) is 17.4 Å². The molecule has 3 heterocycles. The highest BCUT2D eigenvalue weighted by molar-refractivity contribution is 7.15. The molecule has 4 aromatic rings. The molecule has 5 rings (SSSR count). The number of hydrogen-bond donors (Lipinski definition) is 1. The molecule has 1 aliphatic rings. The van der Waals surface area contributed by atoms with Gasteiger partial charge in [0.2, 0.25) is 5.91 Å². The quantitative estimate of drug-likeness (QED) is 0.343. The molecule has 0 bridgehead atoms. The molecule has 0 aliphatic carbocycles. The van der Waals surface area contributed by atoms with E-state index < -0.39 is 0 Å². The molecule has 1 N–H and O–H groups in total. The highest BCUT2D eigenvalue weighted by Gasteiger charge is 2.21. The van der Waals surface area contributed by atoms with Crippen LogP contribution < -0.4 is 5.32 Å². The van der Waals surface area contributed by atoms with Crippen LogP contribution in [0.3, 0.4) is 0 Å². The number of nitrogens with one attached hydrogen (secondary N) is 1. The zero-order valence-corrected chi connectivity index (χ0v) is 20.8. The summed E-state index contributed by atoms with van der Waals surface area (Å²) in [4.78, 5) is 21.5. The van der Waals surface area contributed by atoms with Gasteiger partial charge in [-0.1, -0.05) is 24.3 Å². The number of nitrogens with zero attached hydrogens (tertiary/aromatic N) is 3. The van der Waals surface area contributed by atoms with Crippen molar-refractivity contribution >= 4 is 34.0 Å². The number of anilines is 1. The van der Waals surface area contributed by atoms with Crippen LogP contribution in [0.1, 0.15) is 42.5 Å². The van der Waals surface area contributed by atoms with E-state index in [1.165, 1.54) is 20.8 Å². The lowest BCUT2D eigenvalue weighted by molar-refractivity contribution is -0.114. The molecular weight excluding hydrogens is 440 g/mol. The number of amides is 1. The van der Waals surface area contributed by atoms with E-state index in [0.29, 0.717) is 5.92 Å². The number of fused-ring (bicyclic) bond motifs is 1. The highest BCUT2D eigenvalue weighted by atomic mass is 32.1. The molecule has 1 amide bonds. The van der Waals surface area contributed by atoms with Crippen molar-refractivity contribution in [1.29, 1.82) is 0 Å². The summed E-state index contributed by atoms with van der Waals surface area (Å²) in [5, 5.41) is 2.91. The van der Waals surface area contributed by atoms with Crippen molar-refractivity contribution in [3.63, 3.8) is 0 Å². The molecule has 34 heavy (non-hydrogen) atoms. The van der Waals surface area contributed by atoms with Gasteiger partial charge in [0.1, 0.15) is 0 Å². The maximum Gasteiger partial charge on any atom is 0.221 e. The summed E-state index contributed by atoms with van der Waals surface area (Å²) in [6.07, 6.45) is 3.44. The Morgan fingerprint density at radius 3 is 2.65 bits per heavy atom. The van der Waals surface area contributed by atoms with Crippen LogP contribution in [-0.4, -0.2) is 40.0 Å². The average molecular weight is 473 g/mol. The van der Waals surface area contributed by atoms with E-state index in [0.717, 1.165) is 62.5 Å². The van der Waals surface area contributed by atoms with Gasteiger partial charge in [-0.05, 0) is 93.7 Å². The molecule has 176 valence electrons. The molecule has 0 unspecified atom stereocenters. The minimum Gasteiger partial charge on any atom is -0.326 e. The van der Waals surface area contributed by atoms with Crippen LogP contribution in [-0.2, 0) is 11.3 Å². The van der Waals surface area contributed by atoms with Gasteiger partial charge < -0.3 is 14.8 Å². The summed E-state index contributed by atoms with van der Waals surface area (Å²) in [5.41, 5.74) is 4.54. The first-order valence-electron chi connectivity index (χ1n) is 12.2. The smallest absolute Gasteiger partial charge is 0.221 e. The second kappa shape index (κ2) is 10.1. The van der Waals surface area contributed by atoms with E-state index in [2.05, 4.69) is 76.3 Å². The van der Waals surface area contributed by atoms with Gasteiger partial charge in [-0.2, -0.15) is 0 Å². The molecule has 6 heteroatoms. The first-order valence-corrected chi connectivity index (χ1v) is 13.0. The molecule has 2 aromatic carbocycles. The Morgan fingerprint density at radius 2 is 1.88 bits per heavy atom. The van der Waals surface area contributed by atoms with Gasteiger partial charge in [0.15, 0.2) is 5.82 Å². The Hall–Kier alpha value is -2.96. The number of hydrogen-bond acceptors (Lipinski definition) is 4. The number of imidazole rings is 1. The number of para-hydroxylation sites is 2. The molecular formula is C28H32N4OS. The van der Waals surface area contributed by atoms with Crippen molar-refractivity contribution in [2.24, 2.45) is 0 Å². The number of rotatable bonds is 7.